The zero-order valence-corrected chi connectivity index (χ0v) is 14.2. The number of carboxylic acid groups (broad SMARTS) is 1. The largest absolute Gasteiger partial charge is 0.481 e. The van der Waals surface area contributed by atoms with Gasteiger partial charge in [-0.2, -0.15) is 0 Å². The Kier molecular flexibility index (Phi) is 7.42. The van der Waals surface area contributed by atoms with Crippen LogP contribution >= 0.6 is 0 Å². The van der Waals surface area contributed by atoms with Gasteiger partial charge in [-0.05, 0) is 24.2 Å². The van der Waals surface area contributed by atoms with Crippen molar-refractivity contribution in [3.8, 4) is 0 Å². The van der Waals surface area contributed by atoms with Crippen molar-refractivity contribution in [2.24, 2.45) is 11.8 Å². The molecule has 1 saturated heterocycles. The molecule has 0 aliphatic carbocycles. The second kappa shape index (κ2) is 9.55. The molecule has 0 bridgehead atoms. The van der Waals surface area contributed by atoms with E-state index in [0.717, 1.165) is 5.56 Å². The van der Waals surface area contributed by atoms with E-state index in [1.54, 1.807) is 4.90 Å². The lowest BCUT2D eigenvalue weighted by Gasteiger charge is -2.17. The zero-order valence-electron chi connectivity index (χ0n) is 14.2. The van der Waals surface area contributed by atoms with Gasteiger partial charge in [-0.25, -0.2) is 0 Å². The fraction of sp³-hybridized carbons (Fsp3) is 0.529. The number of benzene rings is 1. The molecule has 0 radical (unpaired) electrons. The van der Waals surface area contributed by atoms with Gasteiger partial charge in [0.05, 0.1) is 12.5 Å². The number of nitrogens with one attached hydrogen (secondary N) is 1. The van der Waals surface area contributed by atoms with Crippen molar-refractivity contribution in [1.82, 2.24) is 10.2 Å². The van der Waals surface area contributed by atoms with Gasteiger partial charge in [-0.3, -0.25) is 9.59 Å². The standard InChI is InChI=1S/C17H25BN2O5/c21-16(10-19-9-13-5-2-1-3-6-13)20-11-14(7-4-8-18(24)25)15(12-20)17(22)23/h1-3,5-6,14-15,19,24-25H,4,7-12H2,(H,22,23). The number of nitrogens with zero attached hydrogens (tertiary/aromatic N) is 1. The molecule has 1 aromatic carbocycles. The fourth-order valence-electron chi connectivity index (χ4n) is 3.23. The average Bonchev–Trinajstić information content (AvgIpc) is 3.00. The van der Waals surface area contributed by atoms with Crippen LogP contribution in [0.4, 0.5) is 0 Å². The Morgan fingerprint density at radius 1 is 1.20 bits per heavy atom. The van der Waals surface area contributed by atoms with Crippen LogP contribution in [0.3, 0.4) is 0 Å². The zero-order chi connectivity index (χ0) is 18.2. The molecule has 8 heteroatoms. The molecule has 0 aromatic heterocycles. The molecule has 2 atom stereocenters. The van der Waals surface area contributed by atoms with E-state index in [-0.39, 0.29) is 31.2 Å². The van der Waals surface area contributed by atoms with Gasteiger partial charge in [-0.15, -0.1) is 0 Å². The number of aliphatic carboxylic acids is 1. The second-order valence-corrected chi connectivity index (χ2v) is 6.50. The quantitative estimate of drug-likeness (QED) is 0.474. The van der Waals surface area contributed by atoms with E-state index < -0.39 is 19.0 Å². The van der Waals surface area contributed by atoms with E-state index in [0.29, 0.717) is 25.9 Å². The number of hydrogen-bond donors (Lipinski definition) is 4. The third-order valence-electron chi connectivity index (χ3n) is 4.60. The van der Waals surface area contributed by atoms with Crippen molar-refractivity contribution in [3.63, 3.8) is 0 Å². The van der Waals surface area contributed by atoms with Gasteiger partial charge >= 0.3 is 13.1 Å². The van der Waals surface area contributed by atoms with Crippen LogP contribution in [-0.4, -0.2) is 58.7 Å². The topological polar surface area (TPSA) is 110 Å². The monoisotopic (exact) mass is 348 g/mol. The minimum absolute atomic E-state index is 0.105. The van der Waals surface area contributed by atoms with Crippen LogP contribution < -0.4 is 5.32 Å². The number of likely N-dealkylation sites (tertiary alicyclic amines) is 1. The summed E-state index contributed by atoms with van der Waals surface area (Å²) in [7, 11) is -1.37. The Labute approximate surface area is 147 Å². The summed E-state index contributed by atoms with van der Waals surface area (Å²) in [5.74, 6) is -1.74. The van der Waals surface area contributed by atoms with Crippen LogP contribution in [0.1, 0.15) is 18.4 Å². The second-order valence-electron chi connectivity index (χ2n) is 6.50. The molecule has 7 nitrogen and oxygen atoms in total. The number of carbonyl (C=O) groups is 2. The maximum Gasteiger partial charge on any atom is 0.451 e. The Morgan fingerprint density at radius 3 is 2.56 bits per heavy atom. The molecule has 1 aliphatic heterocycles. The average molecular weight is 348 g/mol. The van der Waals surface area contributed by atoms with E-state index in [1.807, 2.05) is 30.3 Å². The molecule has 2 rings (SSSR count). The molecule has 136 valence electrons. The third kappa shape index (κ3) is 6.15. The normalized spacial score (nSPS) is 19.8. The van der Waals surface area contributed by atoms with Gasteiger partial charge in [-0.1, -0.05) is 36.8 Å². The molecule has 1 heterocycles. The molecule has 1 fully saturated rings. The first kappa shape index (κ1) is 19.4. The predicted molar refractivity (Wildman–Crippen MR) is 93.6 cm³/mol. The molecule has 2 unspecified atom stereocenters. The van der Waals surface area contributed by atoms with Crippen molar-refractivity contribution >= 4 is 19.0 Å². The van der Waals surface area contributed by atoms with Crippen LogP contribution in [0.5, 0.6) is 0 Å². The maximum absolute atomic E-state index is 12.3. The van der Waals surface area contributed by atoms with E-state index >= 15 is 0 Å². The van der Waals surface area contributed by atoms with E-state index in [2.05, 4.69) is 5.32 Å². The number of hydrogen-bond acceptors (Lipinski definition) is 5. The van der Waals surface area contributed by atoms with Gasteiger partial charge in [0.15, 0.2) is 0 Å². The lowest BCUT2D eigenvalue weighted by molar-refractivity contribution is -0.142. The maximum atomic E-state index is 12.3. The fourth-order valence-corrected chi connectivity index (χ4v) is 3.23. The van der Waals surface area contributed by atoms with Gasteiger partial charge in [0, 0.05) is 19.6 Å². The van der Waals surface area contributed by atoms with E-state index in [4.69, 9.17) is 10.0 Å². The molecule has 1 amide bonds. The van der Waals surface area contributed by atoms with Crippen molar-refractivity contribution in [1.29, 1.82) is 0 Å². The van der Waals surface area contributed by atoms with Crippen molar-refractivity contribution in [3.05, 3.63) is 35.9 Å². The molecule has 1 aromatic rings. The smallest absolute Gasteiger partial charge is 0.451 e. The summed E-state index contributed by atoms with van der Waals surface area (Å²) in [6.45, 7) is 1.38. The molecular formula is C17H25BN2O5. The molecule has 0 spiro atoms. The van der Waals surface area contributed by atoms with Crippen LogP contribution in [0.15, 0.2) is 30.3 Å². The number of carbonyl (C=O) groups excluding carboxylic acids is 1. The predicted octanol–water partition coefficient (Wildman–Crippen LogP) is 0.188. The van der Waals surface area contributed by atoms with Crippen LogP contribution in [-0.2, 0) is 16.1 Å². The molecule has 1 aliphatic rings. The Hall–Kier alpha value is -1.90. The minimum atomic E-state index is -1.37. The Bertz CT molecular complexity index is 569. The van der Waals surface area contributed by atoms with Crippen LogP contribution in [0.2, 0.25) is 6.32 Å². The Balaban J connectivity index is 1.80. The Morgan fingerprint density at radius 2 is 1.92 bits per heavy atom. The highest BCUT2D eigenvalue weighted by molar-refractivity contribution is 6.40. The first-order chi connectivity index (χ1) is 12.0. The van der Waals surface area contributed by atoms with Crippen LogP contribution in [0, 0.1) is 11.8 Å². The highest BCUT2D eigenvalue weighted by Gasteiger charge is 2.39. The number of carboxylic acids is 1. The summed E-state index contributed by atoms with van der Waals surface area (Å²) >= 11 is 0. The summed E-state index contributed by atoms with van der Waals surface area (Å²) in [6.07, 6.45) is 1.31. The summed E-state index contributed by atoms with van der Waals surface area (Å²) in [5.41, 5.74) is 1.08. The molecule has 0 saturated carbocycles. The lowest BCUT2D eigenvalue weighted by atomic mass is 9.80. The molecule has 25 heavy (non-hydrogen) atoms. The third-order valence-corrected chi connectivity index (χ3v) is 4.60. The summed E-state index contributed by atoms with van der Waals surface area (Å²) in [5, 5.41) is 30.3. The minimum Gasteiger partial charge on any atom is -0.481 e. The first-order valence-corrected chi connectivity index (χ1v) is 8.58. The van der Waals surface area contributed by atoms with Gasteiger partial charge in [0.2, 0.25) is 5.91 Å². The molecular weight excluding hydrogens is 323 g/mol. The summed E-state index contributed by atoms with van der Waals surface area (Å²) in [6, 6.07) is 9.75. The molecule has 4 N–H and O–H groups in total. The van der Waals surface area contributed by atoms with Crippen molar-refractivity contribution in [2.45, 2.75) is 25.7 Å². The van der Waals surface area contributed by atoms with Gasteiger partial charge < -0.3 is 25.4 Å². The first-order valence-electron chi connectivity index (χ1n) is 8.58. The van der Waals surface area contributed by atoms with Gasteiger partial charge in [0.1, 0.15) is 0 Å². The SMILES string of the molecule is O=C(O)C1CN(C(=O)CNCc2ccccc2)CC1CCCB(O)O. The highest BCUT2D eigenvalue weighted by Crippen LogP contribution is 2.28. The van der Waals surface area contributed by atoms with Crippen LogP contribution in [0.25, 0.3) is 0 Å². The number of amides is 1. The summed E-state index contributed by atoms with van der Waals surface area (Å²) in [4.78, 5) is 25.3. The summed E-state index contributed by atoms with van der Waals surface area (Å²) < 4.78 is 0. The van der Waals surface area contributed by atoms with Crippen molar-refractivity contribution in [2.75, 3.05) is 19.6 Å². The highest BCUT2D eigenvalue weighted by atomic mass is 16.4. The van der Waals surface area contributed by atoms with E-state index in [9.17, 15) is 14.7 Å². The van der Waals surface area contributed by atoms with Crippen molar-refractivity contribution < 1.29 is 24.7 Å². The lowest BCUT2D eigenvalue weighted by Crippen LogP contribution is -2.37. The van der Waals surface area contributed by atoms with E-state index in [1.165, 1.54) is 0 Å². The number of rotatable bonds is 9. The van der Waals surface area contributed by atoms with Gasteiger partial charge in [0.25, 0.3) is 0 Å².